The Balaban J connectivity index is 2.55. The molecule has 15 heavy (non-hydrogen) atoms. The van der Waals surface area contributed by atoms with E-state index in [9.17, 15) is 4.79 Å². The molecule has 2 rings (SSSR count). The van der Waals surface area contributed by atoms with Crippen molar-refractivity contribution < 1.29 is 9.90 Å². The van der Waals surface area contributed by atoms with Crippen molar-refractivity contribution in [2.75, 3.05) is 0 Å². The van der Waals surface area contributed by atoms with Gasteiger partial charge < -0.3 is 5.11 Å². The van der Waals surface area contributed by atoms with Crippen molar-refractivity contribution in [3.63, 3.8) is 0 Å². The Morgan fingerprint density at radius 1 is 1.33 bits per heavy atom. The summed E-state index contributed by atoms with van der Waals surface area (Å²) in [4.78, 5) is 10.8. The van der Waals surface area contributed by atoms with E-state index in [4.69, 9.17) is 16.7 Å². The molecule has 1 aromatic heterocycles. The number of halogens is 1. The molecule has 0 atom stereocenters. The average Bonchev–Trinajstić information content (AvgIpc) is 2.71. The summed E-state index contributed by atoms with van der Waals surface area (Å²) in [6.45, 7) is 0. The number of aromatic carboxylic acids is 1. The zero-order valence-electron chi connectivity index (χ0n) is 7.61. The number of carboxylic acids is 1. The van der Waals surface area contributed by atoms with E-state index >= 15 is 0 Å². The highest BCUT2D eigenvalue weighted by Crippen LogP contribution is 2.30. The van der Waals surface area contributed by atoms with Crippen LogP contribution in [0.15, 0.2) is 35.0 Å². The molecule has 0 saturated heterocycles. The molecule has 0 amide bonds. The highest BCUT2D eigenvalue weighted by atomic mass is 35.5. The van der Waals surface area contributed by atoms with Gasteiger partial charge in [0.05, 0.1) is 5.56 Å². The summed E-state index contributed by atoms with van der Waals surface area (Å²) in [7, 11) is 0. The van der Waals surface area contributed by atoms with Crippen LogP contribution in [0.2, 0.25) is 5.02 Å². The van der Waals surface area contributed by atoms with Crippen molar-refractivity contribution in [2.24, 2.45) is 0 Å². The normalized spacial score (nSPS) is 10.2. The number of carboxylic acid groups (broad SMARTS) is 1. The number of benzene rings is 1. The summed E-state index contributed by atoms with van der Waals surface area (Å²) in [6.07, 6.45) is 0. The van der Waals surface area contributed by atoms with Crippen LogP contribution in [0.1, 0.15) is 10.4 Å². The minimum Gasteiger partial charge on any atom is -0.478 e. The van der Waals surface area contributed by atoms with Gasteiger partial charge in [-0.2, -0.15) is 11.3 Å². The minimum atomic E-state index is -0.942. The predicted octanol–water partition coefficient (Wildman–Crippen LogP) is 3.77. The number of hydrogen-bond acceptors (Lipinski definition) is 2. The molecule has 4 heteroatoms. The molecule has 1 aromatic carbocycles. The lowest BCUT2D eigenvalue weighted by Gasteiger charge is -2.03. The second-order valence-corrected chi connectivity index (χ2v) is 4.20. The molecule has 0 saturated carbocycles. The van der Waals surface area contributed by atoms with E-state index in [2.05, 4.69) is 0 Å². The molecule has 0 radical (unpaired) electrons. The van der Waals surface area contributed by atoms with E-state index in [1.54, 1.807) is 23.5 Å². The highest BCUT2D eigenvalue weighted by Gasteiger charge is 2.08. The fraction of sp³-hybridized carbons (Fsp3) is 0. The number of rotatable bonds is 2. The predicted molar refractivity (Wildman–Crippen MR) is 61.7 cm³/mol. The lowest BCUT2D eigenvalue weighted by molar-refractivity contribution is 0.0697. The molecule has 2 nitrogen and oxygen atoms in total. The summed E-state index contributed by atoms with van der Waals surface area (Å²) in [5.74, 6) is -0.942. The Labute approximate surface area is 95.8 Å². The van der Waals surface area contributed by atoms with E-state index < -0.39 is 5.97 Å². The molecule has 0 unspecified atom stereocenters. The molecule has 76 valence electrons. The van der Waals surface area contributed by atoms with Gasteiger partial charge in [-0.25, -0.2) is 4.79 Å². The second kappa shape index (κ2) is 4.04. The van der Waals surface area contributed by atoms with Crippen LogP contribution in [0, 0.1) is 0 Å². The van der Waals surface area contributed by atoms with Crippen LogP contribution >= 0.6 is 22.9 Å². The van der Waals surface area contributed by atoms with Crippen molar-refractivity contribution >= 4 is 28.9 Å². The Kier molecular flexibility index (Phi) is 2.75. The lowest BCUT2D eigenvalue weighted by atomic mass is 10.1. The maximum absolute atomic E-state index is 10.8. The fourth-order valence-corrected chi connectivity index (χ4v) is 2.18. The SMILES string of the molecule is O=C(O)c1ccc(Cl)c(-c2ccsc2)c1. The molecule has 0 spiro atoms. The smallest absolute Gasteiger partial charge is 0.335 e. The first-order valence-electron chi connectivity index (χ1n) is 4.24. The Morgan fingerprint density at radius 2 is 2.13 bits per heavy atom. The summed E-state index contributed by atoms with van der Waals surface area (Å²) >= 11 is 7.56. The van der Waals surface area contributed by atoms with Crippen molar-refractivity contribution in [2.45, 2.75) is 0 Å². The quantitative estimate of drug-likeness (QED) is 0.865. The van der Waals surface area contributed by atoms with Gasteiger partial charge >= 0.3 is 5.97 Å². The molecule has 0 aliphatic heterocycles. The van der Waals surface area contributed by atoms with E-state index in [1.807, 2.05) is 16.8 Å². The lowest BCUT2D eigenvalue weighted by Crippen LogP contribution is -1.95. The molecule has 0 aliphatic carbocycles. The van der Waals surface area contributed by atoms with Crippen LogP contribution in [0.25, 0.3) is 11.1 Å². The summed E-state index contributed by atoms with van der Waals surface area (Å²) in [5.41, 5.74) is 1.96. The van der Waals surface area contributed by atoms with Gasteiger partial charge in [-0.05, 0) is 40.6 Å². The van der Waals surface area contributed by atoms with Gasteiger partial charge in [0.25, 0.3) is 0 Å². The van der Waals surface area contributed by atoms with Crippen LogP contribution in [-0.4, -0.2) is 11.1 Å². The van der Waals surface area contributed by atoms with Gasteiger partial charge in [-0.15, -0.1) is 0 Å². The van der Waals surface area contributed by atoms with Crippen LogP contribution in [0.3, 0.4) is 0 Å². The standard InChI is InChI=1S/C11H7ClO2S/c12-10-2-1-7(11(13)14)5-9(10)8-3-4-15-6-8/h1-6H,(H,13,14). The van der Waals surface area contributed by atoms with Crippen molar-refractivity contribution in [1.82, 2.24) is 0 Å². The topological polar surface area (TPSA) is 37.3 Å². The van der Waals surface area contributed by atoms with Gasteiger partial charge in [-0.1, -0.05) is 11.6 Å². The number of hydrogen-bond donors (Lipinski definition) is 1. The van der Waals surface area contributed by atoms with E-state index in [-0.39, 0.29) is 5.56 Å². The molecule has 0 bridgehead atoms. The van der Waals surface area contributed by atoms with Gasteiger partial charge in [0.2, 0.25) is 0 Å². The number of carbonyl (C=O) groups is 1. The summed E-state index contributed by atoms with van der Waals surface area (Å²) < 4.78 is 0. The molecular formula is C11H7ClO2S. The molecule has 0 fully saturated rings. The van der Waals surface area contributed by atoms with E-state index in [0.29, 0.717) is 5.02 Å². The average molecular weight is 239 g/mol. The first-order chi connectivity index (χ1) is 7.18. The van der Waals surface area contributed by atoms with Gasteiger partial charge in [0.15, 0.2) is 0 Å². The van der Waals surface area contributed by atoms with Gasteiger partial charge in [-0.3, -0.25) is 0 Å². The Hall–Kier alpha value is -1.32. The first-order valence-corrected chi connectivity index (χ1v) is 5.56. The minimum absolute atomic E-state index is 0.251. The number of thiophene rings is 1. The van der Waals surface area contributed by atoms with Crippen molar-refractivity contribution in [3.8, 4) is 11.1 Å². The van der Waals surface area contributed by atoms with Crippen LogP contribution < -0.4 is 0 Å². The van der Waals surface area contributed by atoms with Crippen LogP contribution in [0.4, 0.5) is 0 Å². The van der Waals surface area contributed by atoms with Gasteiger partial charge in [0.1, 0.15) is 0 Å². The third-order valence-corrected chi connectivity index (χ3v) is 3.06. The van der Waals surface area contributed by atoms with Crippen LogP contribution in [0.5, 0.6) is 0 Å². The zero-order chi connectivity index (χ0) is 10.8. The Bertz CT molecular complexity index is 491. The first kappa shape index (κ1) is 10.2. The fourth-order valence-electron chi connectivity index (χ4n) is 1.30. The van der Waals surface area contributed by atoms with Crippen molar-refractivity contribution in [3.05, 3.63) is 45.6 Å². The second-order valence-electron chi connectivity index (χ2n) is 3.01. The molecule has 0 aliphatic rings. The van der Waals surface area contributed by atoms with E-state index in [1.165, 1.54) is 6.07 Å². The van der Waals surface area contributed by atoms with Crippen LogP contribution in [-0.2, 0) is 0 Å². The third-order valence-electron chi connectivity index (χ3n) is 2.05. The van der Waals surface area contributed by atoms with Crippen molar-refractivity contribution in [1.29, 1.82) is 0 Å². The molecular weight excluding hydrogens is 232 g/mol. The maximum Gasteiger partial charge on any atom is 0.335 e. The monoisotopic (exact) mass is 238 g/mol. The Morgan fingerprint density at radius 3 is 2.73 bits per heavy atom. The van der Waals surface area contributed by atoms with Gasteiger partial charge in [0, 0.05) is 10.6 Å². The summed E-state index contributed by atoms with van der Waals surface area (Å²) in [6, 6.07) is 6.61. The molecule has 1 heterocycles. The molecule has 1 N–H and O–H groups in total. The zero-order valence-corrected chi connectivity index (χ0v) is 9.18. The highest BCUT2D eigenvalue weighted by molar-refractivity contribution is 7.08. The van der Waals surface area contributed by atoms with E-state index in [0.717, 1.165) is 11.1 Å². The largest absolute Gasteiger partial charge is 0.478 e. The summed E-state index contributed by atoms with van der Waals surface area (Å²) in [5, 5.41) is 13.3. The maximum atomic E-state index is 10.8. The molecule has 2 aromatic rings. The third kappa shape index (κ3) is 2.03.